The molecule has 0 radical (unpaired) electrons. The molecule has 1 aliphatic rings. The van der Waals surface area contributed by atoms with Crippen LogP contribution in [-0.2, 0) is 11.2 Å². The first kappa shape index (κ1) is 12.9. The molecule has 0 bridgehead atoms. The van der Waals surface area contributed by atoms with Crippen molar-refractivity contribution in [3.05, 3.63) is 29.8 Å². The van der Waals surface area contributed by atoms with E-state index < -0.39 is 5.97 Å². The van der Waals surface area contributed by atoms with Gasteiger partial charge in [0.1, 0.15) is 5.75 Å². The van der Waals surface area contributed by atoms with Gasteiger partial charge in [0.15, 0.2) is 0 Å². The Kier molecular flexibility index (Phi) is 4.24. The predicted molar refractivity (Wildman–Crippen MR) is 69.8 cm³/mol. The number of carbonyl (C=O) groups is 1. The average molecular weight is 248 g/mol. The van der Waals surface area contributed by atoms with Gasteiger partial charge in [-0.2, -0.15) is 0 Å². The van der Waals surface area contributed by atoms with Gasteiger partial charge in [-0.15, -0.1) is 0 Å². The van der Waals surface area contributed by atoms with Crippen molar-refractivity contribution in [3.8, 4) is 5.75 Å². The van der Waals surface area contributed by atoms with Crippen molar-refractivity contribution in [1.82, 2.24) is 0 Å². The molecule has 18 heavy (non-hydrogen) atoms. The fourth-order valence-electron chi connectivity index (χ4n) is 2.44. The maximum atomic E-state index is 10.7. The largest absolute Gasteiger partial charge is 0.490 e. The maximum Gasteiger partial charge on any atom is 0.307 e. The fraction of sp³-hybridized carbons (Fsp3) is 0.533. The van der Waals surface area contributed by atoms with Gasteiger partial charge in [0, 0.05) is 0 Å². The van der Waals surface area contributed by atoms with Gasteiger partial charge < -0.3 is 9.84 Å². The summed E-state index contributed by atoms with van der Waals surface area (Å²) in [5, 5.41) is 8.77. The van der Waals surface area contributed by atoms with Crippen molar-refractivity contribution in [2.45, 2.75) is 45.1 Å². The van der Waals surface area contributed by atoms with E-state index in [4.69, 9.17) is 9.84 Å². The lowest BCUT2D eigenvalue weighted by atomic mass is 9.89. The van der Waals surface area contributed by atoms with Gasteiger partial charge in [-0.1, -0.05) is 19.1 Å². The maximum absolute atomic E-state index is 10.7. The molecule has 1 aromatic rings. The molecule has 1 saturated carbocycles. The molecule has 1 aromatic carbocycles. The van der Waals surface area contributed by atoms with Crippen LogP contribution in [0.5, 0.6) is 5.75 Å². The summed E-state index contributed by atoms with van der Waals surface area (Å²) in [5.74, 6) is 0.801. The summed E-state index contributed by atoms with van der Waals surface area (Å²) in [6.07, 6.45) is 4.99. The smallest absolute Gasteiger partial charge is 0.307 e. The van der Waals surface area contributed by atoms with Crippen molar-refractivity contribution in [3.63, 3.8) is 0 Å². The Morgan fingerprint density at radius 1 is 1.33 bits per heavy atom. The van der Waals surface area contributed by atoms with Crippen LogP contribution in [0.15, 0.2) is 24.3 Å². The molecule has 0 amide bonds. The highest BCUT2D eigenvalue weighted by Crippen LogP contribution is 2.27. The first-order valence-electron chi connectivity index (χ1n) is 6.61. The monoisotopic (exact) mass is 248 g/mol. The SMILES string of the molecule is CC1CCC(Oc2cccc(CC(=O)O)c2)CC1. The van der Waals surface area contributed by atoms with Crippen LogP contribution < -0.4 is 4.74 Å². The van der Waals surface area contributed by atoms with E-state index in [2.05, 4.69) is 6.92 Å². The molecular weight excluding hydrogens is 228 g/mol. The molecule has 3 nitrogen and oxygen atoms in total. The summed E-state index contributed by atoms with van der Waals surface area (Å²) in [4.78, 5) is 10.7. The first-order chi connectivity index (χ1) is 8.63. The van der Waals surface area contributed by atoms with Gasteiger partial charge in [-0.25, -0.2) is 0 Å². The molecule has 1 aliphatic carbocycles. The molecule has 0 atom stereocenters. The highest BCUT2D eigenvalue weighted by Gasteiger charge is 2.19. The Bertz CT molecular complexity index is 406. The molecule has 0 spiro atoms. The molecule has 0 heterocycles. The van der Waals surface area contributed by atoms with Crippen LogP contribution in [0.3, 0.4) is 0 Å². The van der Waals surface area contributed by atoms with E-state index in [0.717, 1.165) is 30.1 Å². The Hall–Kier alpha value is -1.51. The van der Waals surface area contributed by atoms with E-state index in [1.165, 1.54) is 12.8 Å². The molecule has 1 fully saturated rings. The van der Waals surface area contributed by atoms with E-state index in [9.17, 15) is 4.79 Å². The molecule has 0 aromatic heterocycles. The molecule has 2 rings (SSSR count). The average Bonchev–Trinajstić information content (AvgIpc) is 2.32. The van der Waals surface area contributed by atoms with E-state index in [-0.39, 0.29) is 6.42 Å². The minimum Gasteiger partial charge on any atom is -0.490 e. The van der Waals surface area contributed by atoms with Crippen molar-refractivity contribution in [2.75, 3.05) is 0 Å². The fourth-order valence-corrected chi connectivity index (χ4v) is 2.44. The second-order valence-corrected chi connectivity index (χ2v) is 5.22. The number of carboxylic acids is 1. The predicted octanol–water partition coefficient (Wildman–Crippen LogP) is 3.27. The summed E-state index contributed by atoms with van der Waals surface area (Å²) < 4.78 is 5.93. The lowest BCUT2D eigenvalue weighted by Gasteiger charge is -2.27. The number of benzene rings is 1. The third-order valence-corrected chi connectivity index (χ3v) is 3.52. The molecule has 98 valence electrons. The zero-order valence-electron chi connectivity index (χ0n) is 10.8. The van der Waals surface area contributed by atoms with Crippen LogP contribution >= 0.6 is 0 Å². The van der Waals surface area contributed by atoms with Gasteiger partial charge in [0.2, 0.25) is 0 Å². The first-order valence-corrected chi connectivity index (χ1v) is 6.61. The second kappa shape index (κ2) is 5.89. The molecular formula is C15H20O3. The zero-order valence-corrected chi connectivity index (χ0v) is 10.8. The molecule has 3 heteroatoms. The van der Waals surface area contributed by atoms with Crippen LogP contribution in [0.2, 0.25) is 0 Å². The lowest BCUT2D eigenvalue weighted by molar-refractivity contribution is -0.136. The van der Waals surface area contributed by atoms with Crippen LogP contribution in [0.4, 0.5) is 0 Å². The summed E-state index contributed by atoms with van der Waals surface area (Å²) >= 11 is 0. The minimum absolute atomic E-state index is 0.0545. The zero-order chi connectivity index (χ0) is 13.0. The quantitative estimate of drug-likeness (QED) is 0.889. The Morgan fingerprint density at radius 3 is 2.72 bits per heavy atom. The van der Waals surface area contributed by atoms with Crippen LogP contribution in [-0.4, -0.2) is 17.2 Å². The topological polar surface area (TPSA) is 46.5 Å². The minimum atomic E-state index is -0.807. The number of rotatable bonds is 4. The van der Waals surface area contributed by atoms with Crippen molar-refractivity contribution < 1.29 is 14.6 Å². The van der Waals surface area contributed by atoms with Gasteiger partial charge in [0.25, 0.3) is 0 Å². The van der Waals surface area contributed by atoms with E-state index >= 15 is 0 Å². The van der Waals surface area contributed by atoms with Gasteiger partial charge in [-0.3, -0.25) is 4.79 Å². The van der Waals surface area contributed by atoms with E-state index in [1.54, 1.807) is 0 Å². The molecule has 1 N–H and O–H groups in total. The highest BCUT2D eigenvalue weighted by molar-refractivity contribution is 5.70. The summed E-state index contributed by atoms with van der Waals surface area (Å²) in [7, 11) is 0. The summed E-state index contributed by atoms with van der Waals surface area (Å²) in [6, 6.07) is 7.43. The van der Waals surface area contributed by atoms with E-state index in [0.29, 0.717) is 6.10 Å². The van der Waals surface area contributed by atoms with Crippen molar-refractivity contribution in [2.24, 2.45) is 5.92 Å². The number of carboxylic acid groups (broad SMARTS) is 1. The number of ether oxygens (including phenoxy) is 1. The summed E-state index contributed by atoms with van der Waals surface area (Å²) in [5.41, 5.74) is 0.796. The molecule has 0 saturated heterocycles. The standard InChI is InChI=1S/C15H20O3/c1-11-5-7-13(8-6-11)18-14-4-2-3-12(9-14)10-15(16)17/h2-4,9,11,13H,5-8,10H2,1H3,(H,16,17). The van der Waals surface area contributed by atoms with Gasteiger partial charge in [0.05, 0.1) is 12.5 Å². The van der Waals surface area contributed by atoms with Crippen LogP contribution in [0.1, 0.15) is 38.2 Å². The van der Waals surface area contributed by atoms with Gasteiger partial charge >= 0.3 is 5.97 Å². The van der Waals surface area contributed by atoms with Crippen molar-refractivity contribution in [1.29, 1.82) is 0 Å². The Labute approximate surface area is 108 Å². The molecule has 0 aliphatic heterocycles. The summed E-state index contributed by atoms with van der Waals surface area (Å²) in [6.45, 7) is 2.28. The number of hydrogen-bond acceptors (Lipinski definition) is 2. The third kappa shape index (κ3) is 3.76. The highest BCUT2D eigenvalue weighted by atomic mass is 16.5. The normalized spacial score (nSPS) is 23.6. The van der Waals surface area contributed by atoms with Crippen molar-refractivity contribution >= 4 is 5.97 Å². The van der Waals surface area contributed by atoms with Crippen LogP contribution in [0, 0.1) is 5.92 Å². The second-order valence-electron chi connectivity index (χ2n) is 5.22. The third-order valence-electron chi connectivity index (χ3n) is 3.52. The van der Waals surface area contributed by atoms with Gasteiger partial charge in [-0.05, 0) is 49.3 Å². The van der Waals surface area contributed by atoms with E-state index in [1.807, 2.05) is 24.3 Å². The number of aliphatic carboxylic acids is 1. The van der Waals surface area contributed by atoms with Crippen LogP contribution in [0.25, 0.3) is 0 Å². The Morgan fingerprint density at radius 2 is 2.06 bits per heavy atom. The lowest BCUT2D eigenvalue weighted by Crippen LogP contribution is -2.23. The molecule has 0 unspecified atom stereocenters. The Balaban J connectivity index is 1.94. The number of hydrogen-bond donors (Lipinski definition) is 1.